The molecule has 0 saturated heterocycles. The van der Waals surface area contributed by atoms with Crippen molar-refractivity contribution in [2.24, 2.45) is 0 Å². The molecule has 2 aromatic carbocycles. The number of ketones is 1. The van der Waals surface area contributed by atoms with Gasteiger partial charge in [0, 0.05) is 17.0 Å². The summed E-state index contributed by atoms with van der Waals surface area (Å²) < 4.78 is 11.9. The summed E-state index contributed by atoms with van der Waals surface area (Å²) in [4.78, 5) is 45.4. The summed E-state index contributed by atoms with van der Waals surface area (Å²) in [6.45, 7) is 4.61. The van der Waals surface area contributed by atoms with Crippen LogP contribution in [0.15, 0.2) is 60.7 Å². The van der Waals surface area contributed by atoms with E-state index in [1.165, 1.54) is 0 Å². The van der Waals surface area contributed by atoms with Gasteiger partial charge < -0.3 is 14.5 Å². The molecule has 0 atom stereocenters. The highest BCUT2D eigenvalue weighted by molar-refractivity contribution is 6.09. The fourth-order valence-corrected chi connectivity index (χ4v) is 3.78. The van der Waals surface area contributed by atoms with Crippen molar-refractivity contribution in [1.29, 1.82) is 0 Å². The van der Waals surface area contributed by atoms with Gasteiger partial charge in [-0.3, -0.25) is 4.79 Å². The van der Waals surface area contributed by atoms with Crippen molar-refractivity contribution in [2.75, 3.05) is 13.2 Å². The molecule has 0 fully saturated rings. The number of Topliss-reactive ketones (excluding diaryl/α,β-unsaturated/α-hetero) is 1. The van der Waals surface area contributed by atoms with Gasteiger partial charge in [0.25, 0.3) is 5.82 Å². The molecule has 0 unspecified atom stereocenters. The van der Waals surface area contributed by atoms with Crippen LogP contribution in [0.5, 0.6) is 0 Å². The van der Waals surface area contributed by atoms with Crippen molar-refractivity contribution in [2.45, 2.75) is 20.8 Å². The number of nitrogens with zero attached hydrogens (tertiary/aromatic N) is 3. The highest BCUT2D eigenvalue weighted by atomic mass is 16.5. The van der Waals surface area contributed by atoms with Crippen LogP contribution in [0.3, 0.4) is 0 Å². The number of benzene rings is 2. The number of esters is 2. The van der Waals surface area contributed by atoms with Gasteiger partial charge in [-0.1, -0.05) is 48.5 Å². The van der Waals surface area contributed by atoms with Crippen molar-refractivity contribution in [3.63, 3.8) is 0 Å². The van der Waals surface area contributed by atoms with Gasteiger partial charge in [0.1, 0.15) is 0 Å². The van der Waals surface area contributed by atoms with E-state index in [2.05, 4.69) is 15.1 Å². The van der Waals surface area contributed by atoms with Gasteiger partial charge in [-0.2, -0.15) is 0 Å². The molecule has 2 heterocycles. The van der Waals surface area contributed by atoms with Crippen LogP contribution < -0.4 is 0 Å². The first-order valence-electron chi connectivity index (χ1n) is 11.0. The minimum absolute atomic E-state index is 0.140. The first-order valence-corrected chi connectivity index (χ1v) is 11.0. The molecule has 0 aliphatic heterocycles. The molecule has 2 aromatic heterocycles. The van der Waals surface area contributed by atoms with E-state index in [0.717, 1.165) is 5.56 Å². The monoisotopic (exact) mass is 472 g/mol. The standard InChI is InChI=1S/C26H24N4O5/c1-4-34-25(32)22-17(3)27-16(2)21(22)20(31)15-35-26(33)23-28-24(18-11-7-5-8-12-18)30(29-23)19-13-9-6-10-14-19/h5-14,27H,4,15H2,1-3H3. The van der Waals surface area contributed by atoms with Gasteiger partial charge in [0.05, 0.1) is 23.4 Å². The third-order valence-electron chi connectivity index (χ3n) is 5.29. The van der Waals surface area contributed by atoms with E-state index in [-0.39, 0.29) is 23.6 Å². The van der Waals surface area contributed by atoms with Gasteiger partial charge in [0.15, 0.2) is 12.4 Å². The maximum Gasteiger partial charge on any atom is 0.378 e. The lowest BCUT2D eigenvalue weighted by Gasteiger charge is -2.06. The molecule has 4 aromatic rings. The van der Waals surface area contributed by atoms with Crippen LogP contribution in [-0.4, -0.2) is 50.7 Å². The zero-order valence-corrected chi connectivity index (χ0v) is 19.6. The number of aromatic nitrogens is 4. The maximum atomic E-state index is 12.9. The Labute approximate surface area is 201 Å². The lowest BCUT2D eigenvalue weighted by atomic mass is 10.1. The largest absolute Gasteiger partial charge is 0.462 e. The van der Waals surface area contributed by atoms with E-state index >= 15 is 0 Å². The number of H-pyrrole nitrogens is 1. The van der Waals surface area contributed by atoms with Crippen LogP contribution in [0.2, 0.25) is 0 Å². The summed E-state index contributed by atoms with van der Waals surface area (Å²) in [5, 5.41) is 4.34. The summed E-state index contributed by atoms with van der Waals surface area (Å²) in [6.07, 6.45) is 0. The van der Waals surface area contributed by atoms with E-state index in [1.807, 2.05) is 60.7 Å². The Bertz CT molecular complexity index is 1320. The molecule has 4 rings (SSSR count). The highest BCUT2D eigenvalue weighted by Crippen LogP contribution is 2.22. The Balaban J connectivity index is 1.58. The predicted molar refractivity (Wildman–Crippen MR) is 128 cm³/mol. The zero-order valence-electron chi connectivity index (χ0n) is 19.6. The molecule has 0 saturated carbocycles. The topological polar surface area (TPSA) is 116 Å². The van der Waals surface area contributed by atoms with E-state index in [1.54, 1.807) is 25.5 Å². The van der Waals surface area contributed by atoms with Crippen molar-refractivity contribution >= 4 is 17.7 Å². The third-order valence-corrected chi connectivity index (χ3v) is 5.29. The second-order valence-corrected chi connectivity index (χ2v) is 7.72. The molecule has 9 nitrogen and oxygen atoms in total. The minimum atomic E-state index is -0.854. The fraction of sp³-hybridized carbons (Fsp3) is 0.192. The summed E-state index contributed by atoms with van der Waals surface area (Å²) in [6, 6.07) is 18.6. The van der Waals surface area contributed by atoms with Crippen LogP contribution in [0.1, 0.15) is 49.6 Å². The Hall–Kier alpha value is -4.53. The van der Waals surface area contributed by atoms with Gasteiger partial charge in [0.2, 0.25) is 5.78 Å². The van der Waals surface area contributed by atoms with Gasteiger partial charge >= 0.3 is 11.9 Å². The lowest BCUT2D eigenvalue weighted by molar-refractivity contribution is 0.0460. The SMILES string of the molecule is CCOC(=O)c1c(C)[nH]c(C)c1C(=O)COC(=O)c1nc(-c2ccccc2)n(-c2ccccc2)n1. The van der Waals surface area contributed by atoms with Crippen LogP contribution in [0, 0.1) is 13.8 Å². The number of aryl methyl sites for hydroxylation is 2. The zero-order chi connectivity index (χ0) is 24.9. The van der Waals surface area contributed by atoms with E-state index in [4.69, 9.17) is 9.47 Å². The van der Waals surface area contributed by atoms with Gasteiger partial charge in [-0.15, -0.1) is 5.10 Å². The van der Waals surface area contributed by atoms with Crippen molar-refractivity contribution in [3.8, 4) is 17.1 Å². The molecule has 9 heteroatoms. The molecule has 0 amide bonds. The van der Waals surface area contributed by atoms with Crippen LogP contribution in [-0.2, 0) is 9.47 Å². The van der Waals surface area contributed by atoms with Crippen LogP contribution >= 0.6 is 0 Å². The van der Waals surface area contributed by atoms with Gasteiger partial charge in [-0.25, -0.2) is 19.3 Å². The average molecular weight is 473 g/mol. The van der Waals surface area contributed by atoms with Crippen molar-refractivity contribution in [1.82, 2.24) is 19.7 Å². The number of aromatic amines is 1. The number of carbonyl (C=O) groups is 3. The van der Waals surface area contributed by atoms with Crippen LogP contribution in [0.25, 0.3) is 17.1 Å². The number of nitrogens with one attached hydrogen (secondary N) is 1. The number of hydrogen-bond acceptors (Lipinski definition) is 7. The van der Waals surface area contributed by atoms with E-state index < -0.39 is 24.3 Å². The Kier molecular flexibility index (Phi) is 6.86. The summed E-state index contributed by atoms with van der Waals surface area (Å²) >= 11 is 0. The highest BCUT2D eigenvalue weighted by Gasteiger charge is 2.27. The third kappa shape index (κ3) is 4.89. The maximum absolute atomic E-state index is 12.9. The molecular formula is C26H24N4O5. The quantitative estimate of drug-likeness (QED) is 0.303. The summed E-state index contributed by atoms with van der Waals surface area (Å²) in [7, 11) is 0. The minimum Gasteiger partial charge on any atom is -0.462 e. The Morgan fingerprint density at radius 3 is 2.14 bits per heavy atom. The first kappa shape index (κ1) is 23.6. The Morgan fingerprint density at radius 2 is 1.49 bits per heavy atom. The molecule has 178 valence electrons. The number of carbonyl (C=O) groups excluding carboxylic acids is 3. The average Bonchev–Trinajstić information content (AvgIpc) is 3.44. The molecule has 1 N–H and O–H groups in total. The van der Waals surface area contributed by atoms with Gasteiger partial charge in [-0.05, 0) is 32.9 Å². The molecular weight excluding hydrogens is 448 g/mol. The lowest BCUT2D eigenvalue weighted by Crippen LogP contribution is -2.19. The second-order valence-electron chi connectivity index (χ2n) is 7.72. The second kappa shape index (κ2) is 10.2. The number of hydrogen-bond donors (Lipinski definition) is 1. The molecule has 0 aliphatic carbocycles. The van der Waals surface area contributed by atoms with E-state index in [9.17, 15) is 14.4 Å². The molecule has 0 radical (unpaired) electrons. The van der Waals surface area contributed by atoms with Crippen molar-refractivity contribution < 1.29 is 23.9 Å². The smallest absolute Gasteiger partial charge is 0.378 e. The Morgan fingerprint density at radius 1 is 0.857 bits per heavy atom. The fourth-order valence-electron chi connectivity index (χ4n) is 3.78. The molecule has 0 bridgehead atoms. The predicted octanol–water partition coefficient (Wildman–Crippen LogP) is 4.10. The number of ether oxygens (including phenoxy) is 2. The summed E-state index contributed by atoms with van der Waals surface area (Å²) in [5.74, 6) is -1.73. The normalized spacial score (nSPS) is 10.7. The van der Waals surface area contributed by atoms with E-state index in [0.29, 0.717) is 22.9 Å². The van der Waals surface area contributed by atoms with Crippen LogP contribution in [0.4, 0.5) is 0 Å². The molecule has 0 aliphatic rings. The summed E-state index contributed by atoms with van der Waals surface area (Å²) in [5.41, 5.74) is 2.75. The first-order chi connectivity index (χ1) is 16.9. The van der Waals surface area contributed by atoms with Crippen molar-refractivity contribution in [3.05, 3.63) is 89.0 Å². The number of para-hydroxylation sites is 1. The molecule has 35 heavy (non-hydrogen) atoms. The molecule has 0 spiro atoms. The number of rotatable bonds is 8.